The van der Waals surface area contributed by atoms with Crippen molar-refractivity contribution >= 4 is 29.4 Å². The lowest BCUT2D eigenvalue weighted by atomic mass is 9.84. The number of fused-ring (bicyclic) bond motifs is 6. The van der Waals surface area contributed by atoms with Gasteiger partial charge < -0.3 is 14.9 Å². The van der Waals surface area contributed by atoms with Crippen LogP contribution in [0.2, 0.25) is 0 Å². The molecule has 1 saturated heterocycles. The van der Waals surface area contributed by atoms with Gasteiger partial charge in [-0.15, -0.1) is 0 Å². The summed E-state index contributed by atoms with van der Waals surface area (Å²) in [5.74, 6) is 0.0891. The van der Waals surface area contributed by atoms with E-state index in [1.54, 1.807) is 18.7 Å². The van der Waals surface area contributed by atoms with Crippen molar-refractivity contribution in [3.63, 3.8) is 0 Å². The van der Waals surface area contributed by atoms with Gasteiger partial charge in [-0.25, -0.2) is 15.0 Å². The van der Waals surface area contributed by atoms with Crippen molar-refractivity contribution in [1.29, 1.82) is 0 Å². The van der Waals surface area contributed by atoms with Crippen molar-refractivity contribution in [2.75, 3.05) is 0 Å². The number of rotatable bonds is 2. The molecule has 8 bridgehead atoms. The number of nitrogens with one attached hydrogen (secondary N) is 2. The van der Waals surface area contributed by atoms with Gasteiger partial charge in [0.15, 0.2) is 11.4 Å². The van der Waals surface area contributed by atoms with E-state index in [0.717, 1.165) is 44.8 Å². The Kier molecular flexibility index (Phi) is 4.75. The summed E-state index contributed by atoms with van der Waals surface area (Å²) in [6, 6.07) is 7.41. The molecule has 0 radical (unpaired) electrons. The lowest BCUT2D eigenvalue weighted by Gasteiger charge is -2.26. The summed E-state index contributed by atoms with van der Waals surface area (Å²) in [5.41, 5.74) is 3.36. The van der Waals surface area contributed by atoms with Gasteiger partial charge >= 0.3 is 0 Å². The van der Waals surface area contributed by atoms with Crippen LogP contribution < -0.4 is 16.0 Å². The molecular formula is C30H25N7O. The van der Waals surface area contributed by atoms with Crippen LogP contribution >= 0.6 is 0 Å². The molecule has 0 aliphatic carbocycles. The molecule has 0 spiro atoms. The van der Waals surface area contributed by atoms with E-state index in [9.17, 15) is 4.79 Å². The second-order valence-electron chi connectivity index (χ2n) is 10.3. The standard InChI is InChI=1S/C30H25N7O/c1-29(2)27-16-30(37-17-26(32-18-37)19-8-11-31-12-9-19)10-7-24(36-30)14-22-4-3-20(33-22)13-21-5-6-23(34-21)15-25(35-27)28(29)38/h3-18,25,33,35H,1-2H3. The summed E-state index contributed by atoms with van der Waals surface area (Å²) in [6.45, 7) is 3.90. The molecule has 3 aromatic heterocycles. The summed E-state index contributed by atoms with van der Waals surface area (Å²) < 4.78 is 1.98. The van der Waals surface area contributed by atoms with Crippen molar-refractivity contribution in [3.8, 4) is 11.3 Å². The Hall–Kier alpha value is -4.85. The van der Waals surface area contributed by atoms with Crippen LogP contribution in [0.4, 0.5) is 0 Å². The lowest BCUT2D eigenvalue weighted by molar-refractivity contribution is -0.123. The first kappa shape index (κ1) is 22.4. The number of hydrogen-bond acceptors (Lipinski definition) is 6. The SMILES string of the molecule is CC1(C)C(=O)C2C=C3C=CC(=N3)C=c3ccc([nH]3)=CC3=NC(n4cnc(-c5ccncc5)c4)(C=C3)C=C1N2. The van der Waals surface area contributed by atoms with Crippen molar-refractivity contribution in [3.05, 3.63) is 108 Å². The highest BCUT2D eigenvalue weighted by atomic mass is 16.1. The number of pyridine rings is 1. The number of aliphatic imine (C=N–C) groups is 2. The fraction of sp³-hybridized carbons (Fsp3) is 0.167. The Morgan fingerprint density at radius 2 is 1.76 bits per heavy atom. The zero-order chi connectivity index (χ0) is 25.9. The van der Waals surface area contributed by atoms with E-state index in [-0.39, 0.29) is 5.78 Å². The molecule has 186 valence electrons. The van der Waals surface area contributed by atoms with Crippen LogP contribution in [0.3, 0.4) is 0 Å². The number of imidazole rings is 1. The maximum atomic E-state index is 13.5. The Labute approximate surface area is 219 Å². The third kappa shape index (κ3) is 3.64. The Balaban J connectivity index is 1.43. The quantitative estimate of drug-likeness (QED) is 0.566. The molecule has 4 aliphatic rings. The molecule has 8 nitrogen and oxygen atoms in total. The Morgan fingerprint density at radius 3 is 2.58 bits per heavy atom. The van der Waals surface area contributed by atoms with Gasteiger partial charge in [0, 0.05) is 40.5 Å². The number of H-pyrrole nitrogens is 1. The normalized spacial score (nSPS) is 24.7. The van der Waals surface area contributed by atoms with Crippen molar-refractivity contribution in [1.82, 2.24) is 24.8 Å². The van der Waals surface area contributed by atoms with E-state index in [2.05, 4.69) is 20.3 Å². The maximum absolute atomic E-state index is 13.5. The average Bonchev–Trinajstić information content (AvgIpc) is 3.73. The molecule has 38 heavy (non-hydrogen) atoms. The average molecular weight is 500 g/mol. The molecule has 7 rings (SSSR count). The molecular weight excluding hydrogens is 474 g/mol. The van der Waals surface area contributed by atoms with Gasteiger partial charge in [-0.3, -0.25) is 9.78 Å². The van der Waals surface area contributed by atoms with Gasteiger partial charge in [0.2, 0.25) is 0 Å². The first-order chi connectivity index (χ1) is 18.4. The summed E-state index contributed by atoms with van der Waals surface area (Å²) in [4.78, 5) is 35.6. The van der Waals surface area contributed by atoms with Gasteiger partial charge in [-0.2, -0.15) is 0 Å². The molecule has 1 fully saturated rings. The summed E-state index contributed by atoms with van der Waals surface area (Å²) in [6.07, 6.45) is 23.1. The van der Waals surface area contributed by atoms with E-state index in [0.29, 0.717) is 0 Å². The van der Waals surface area contributed by atoms with Crippen molar-refractivity contribution in [2.45, 2.75) is 25.6 Å². The minimum Gasteiger partial charge on any atom is -0.375 e. The molecule has 2 unspecified atom stereocenters. The van der Waals surface area contributed by atoms with Gasteiger partial charge in [0.05, 0.1) is 34.6 Å². The van der Waals surface area contributed by atoms with E-state index < -0.39 is 17.1 Å². The number of hydrogen-bond donors (Lipinski definition) is 2. The number of nitrogens with zero attached hydrogens (tertiary/aromatic N) is 5. The topological polar surface area (TPSA) is 100 Å². The molecule has 4 aliphatic heterocycles. The third-order valence-electron chi connectivity index (χ3n) is 7.38. The van der Waals surface area contributed by atoms with Crippen LogP contribution in [0.15, 0.2) is 107 Å². The van der Waals surface area contributed by atoms with E-state index in [1.807, 2.05) is 97.5 Å². The second-order valence-corrected chi connectivity index (χ2v) is 10.3. The number of aromatic nitrogens is 4. The van der Waals surface area contributed by atoms with Crippen LogP contribution in [-0.4, -0.2) is 42.8 Å². The minimum absolute atomic E-state index is 0.0891. The molecule has 2 N–H and O–H groups in total. The fourth-order valence-electron chi connectivity index (χ4n) is 5.20. The number of ketones is 1. The second kappa shape index (κ2) is 8.08. The van der Waals surface area contributed by atoms with Gasteiger partial charge in [0.1, 0.15) is 6.04 Å². The highest BCUT2D eigenvalue weighted by Crippen LogP contribution is 2.39. The zero-order valence-corrected chi connectivity index (χ0v) is 21.0. The summed E-state index contributed by atoms with van der Waals surface area (Å²) in [5, 5.41) is 5.35. The van der Waals surface area contributed by atoms with Crippen LogP contribution in [0.25, 0.3) is 23.4 Å². The first-order valence-electron chi connectivity index (χ1n) is 12.5. The van der Waals surface area contributed by atoms with Gasteiger partial charge in [-0.05, 0) is 86.7 Å². The first-order valence-corrected chi connectivity index (χ1v) is 12.5. The van der Waals surface area contributed by atoms with Crippen LogP contribution in [0.5, 0.6) is 0 Å². The number of carbonyl (C=O) groups is 1. The fourth-order valence-corrected chi connectivity index (χ4v) is 5.20. The molecule has 8 heteroatoms. The monoisotopic (exact) mass is 499 g/mol. The van der Waals surface area contributed by atoms with Gasteiger partial charge in [0.25, 0.3) is 0 Å². The minimum atomic E-state index is -0.900. The number of allylic oxidation sites excluding steroid dienone is 4. The van der Waals surface area contributed by atoms with E-state index in [4.69, 9.17) is 9.98 Å². The molecule has 3 aromatic rings. The smallest absolute Gasteiger partial charge is 0.177 e. The Morgan fingerprint density at radius 1 is 0.974 bits per heavy atom. The number of Topliss-reactive ketones (excluding diaryl/α,β-unsaturated/α-hetero) is 1. The van der Waals surface area contributed by atoms with E-state index >= 15 is 0 Å². The highest BCUT2D eigenvalue weighted by Gasteiger charge is 2.46. The molecule has 0 amide bonds. The predicted octanol–water partition coefficient (Wildman–Crippen LogP) is 2.56. The lowest BCUT2D eigenvalue weighted by Crippen LogP contribution is -2.29. The third-order valence-corrected chi connectivity index (χ3v) is 7.38. The maximum Gasteiger partial charge on any atom is 0.177 e. The number of carbonyl (C=O) groups excluding carboxylic acids is 1. The van der Waals surface area contributed by atoms with Crippen LogP contribution in [0, 0.1) is 5.41 Å². The zero-order valence-electron chi connectivity index (χ0n) is 21.0. The van der Waals surface area contributed by atoms with E-state index in [1.165, 1.54) is 0 Å². The van der Waals surface area contributed by atoms with Crippen molar-refractivity contribution in [2.24, 2.45) is 15.4 Å². The molecule has 0 saturated carbocycles. The Bertz CT molecular complexity index is 1790. The van der Waals surface area contributed by atoms with Crippen molar-refractivity contribution < 1.29 is 4.79 Å². The number of aromatic amines is 1. The molecule has 7 heterocycles. The largest absolute Gasteiger partial charge is 0.375 e. The molecule has 2 atom stereocenters. The van der Waals surface area contributed by atoms with Gasteiger partial charge in [-0.1, -0.05) is 0 Å². The summed E-state index contributed by atoms with van der Waals surface area (Å²) in [7, 11) is 0. The van der Waals surface area contributed by atoms with Crippen LogP contribution in [0.1, 0.15) is 13.8 Å². The highest BCUT2D eigenvalue weighted by molar-refractivity contribution is 6.19. The predicted molar refractivity (Wildman–Crippen MR) is 147 cm³/mol. The summed E-state index contributed by atoms with van der Waals surface area (Å²) >= 11 is 0. The van der Waals surface area contributed by atoms with Crippen LogP contribution in [-0.2, 0) is 10.5 Å². The molecule has 0 aromatic carbocycles.